The summed E-state index contributed by atoms with van der Waals surface area (Å²) in [6.45, 7) is 1.95. The third kappa shape index (κ3) is 4.41. The Morgan fingerprint density at radius 3 is 2.80 bits per heavy atom. The molecule has 1 N–H and O–H groups in total. The van der Waals surface area contributed by atoms with Gasteiger partial charge in [0, 0.05) is 12.1 Å². The van der Waals surface area contributed by atoms with Gasteiger partial charge in [-0.25, -0.2) is 4.79 Å². The number of rotatable bonds is 7. The summed E-state index contributed by atoms with van der Waals surface area (Å²) in [6.07, 6.45) is 2.88. The predicted octanol–water partition coefficient (Wildman–Crippen LogP) is 2.93. The van der Waals surface area contributed by atoms with Gasteiger partial charge in [0.15, 0.2) is 0 Å². The van der Waals surface area contributed by atoms with Crippen LogP contribution in [-0.2, 0) is 4.74 Å². The summed E-state index contributed by atoms with van der Waals surface area (Å²) in [4.78, 5) is 22.0. The first-order valence-corrected chi connectivity index (χ1v) is 7.51. The minimum absolute atomic E-state index is 0.0475. The van der Waals surface area contributed by atoms with Gasteiger partial charge >= 0.3 is 5.97 Å². The van der Waals surface area contributed by atoms with E-state index in [-0.39, 0.29) is 17.3 Å². The molecule has 0 aliphatic heterocycles. The zero-order valence-corrected chi connectivity index (χ0v) is 12.5. The van der Waals surface area contributed by atoms with Crippen LogP contribution in [0.2, 0.25) is 0 Å². The van der Waals surface area contributed by atoms with Crippen LogP contribution < -0.4 is 5.32 Å². The summed E-state index contributed by atoms with van der Waals surface area (Å²) in [5, 5.41) is 14.1. The maximum Gasteiger partial charge on any atom is 0.337 e. The Kier molecular flexibility index (Phi) is 6.30. The van der Waals surface area contributed by atoms with Gasteiger partial charge in [0.2, 0.25) is 0 Å². The Balaban J connectivity index is 2.99. The molecular weight excluding hydrogens is 280 g/mol. The highest BCUT2D eigenvalue weighted by molar-refractivity contribution is 7.98. The minimum Gasteiger partial charge on any atom is -0.465 e. The van der Waals surface area contributed by atoms with Crippen molar-refractivity contribution in [2.45, 2.75) is 19.4 Å². The number of ether oxygens (including phenoxy) is 1. The molecule has 0 amide bonds. The van der Waals surface area contributed by atoms with Gasteiger partial charge in [-0.2, -0.15) is 11.8 Å². The van der Waals surface area contributed by atoms with Crippen molar-refractivity contribution in [3.05, 3.63) is 33.9 Å². The van der Waals surface area contributed by atoms with Gasteiger partial charge in [0.25, 0.3) is 5.69 Å². The molecule has 6 nitrogen and oxygen atoms in total. The van der Waals surface area contributed by atoms with Crippen LogP contribution in [0.3, 0.4) is 0 Å². The number of esters is 1. The van der Waals surface area contributed by atoms with Crippen molar-refractivity contribution in [1.82, 2.24) is 0 Å². The number of nitrogens with zero attached hydrogens (tertiary/aromatic N) is 1. The molecule has 1 rings (SSSR count). The first-order valence-electron chi connectivity index (χ1n) is 6.11. The molecule has 0 aromatic heterocycles. The van der Waals surface area contributed by atoms with Gasteiger partial charge in [0.1, 0.15) is 5.69 Å². The number of thioether (sulfide) groups is 1. The molecule has 0 aliphatic carbocycles. The molecule has 0 fully saturated rings. The second-order valence-electron chi connectivity index (χ2n) is 4.31. The van der Waals surface area contributed by atoms with Crippen LogP contribution in [0, 0.1) is 10.1 Å². The van der Waals surface area contributed by atoms with Crippen LogP contribution >= 0.6 is 11.8 Å². The van der Waals surface area contributed by atoms with E-state index in [1.807, 2.05) is 13.2 Å². The van der Waals surface area contributed by atoms with Gasteiger partial charge in [-0.15, -0.1) is 0 Å². The zero-order chi connectivity index (χ0) is 15.1. The van der Waals surface area contributed by atoms with Crippen molar-refractivity contribution >= 4 is 29.1 Å². The van der Waals surface area contributed by atoms with Crippen LogP contribution in [0.15, 0.2) is 18.2 Å². The van der Waals surface area contributed by atoms with E-state index >= 15 is 0 Å². The summed E-state index contributed by atoms with van der Waals surface area (Å²) in [5.41, 5.74) is 0.581. The van der Waals surface area contributed by atoms with Crippen molar-refractivity contribution in [1.29, 1.82) is 0 Å². The highest BCUT2D eigenvalue weighted by Crippen LogP contribution is 2.27. The highest BCUT2D eigenvalue weighted by Gasteiger charge is 2.18. The van der Waals surface area contributed by atoms with E-state index in [4.69, 9.17) is 0 Å². The molecule has 0 radical (unpaired) electrons. The van der Waals surface area contributed by atoms with E-state index in [1.165, 1.54) is 25.3 Å². The average molecular weight is 298 g/mol. The zero-order valence-electron chi connectivity index (χ0n) is 11.7. The van der Waals surface area contributed by atoms with Crippen molar-refractivity contribution in [2.24, 2.45) is 0 Å². The van der Waals surface area contributed by atoms with Gasteiger partial charge in [-0.05, 0) is 37.5 Å². The Morgan fingerprint density at radius 1 is 1.55 bits per heavy atom. The highest BCUT2D eigenvalue weighted by atomic mass is 32.2. The monoisotopic (exact) mass is 298 g/mol. The lowest BCUT2D eigenvalue weighted by Gasteiger charge is -2.15. The molecule has 0 bridgehead atoms. The Bertz CT molecular complexity index is 493. The number of nitrogens with one attached hydrogen (secondary N) is 1. The van der Waals surface area contributed by atoms with E-state index < -0.39 is 10.9 Å². The predicted molar refractivity (Wildman–Crippen MR) is 80.5 cm³/mol. The summed E-state index contributed by atoms with van der Waals surface area (Å²) < 4.78 is 4.62. The van der Waals surface area contributed by atoms with E-state index in [0.717, 1.165) is 12.2 Å². The fourth-order valence-electron chi connectivity index (χ4n) is 1.69. The number of nitro groups is 1. The molecule has 1 aromatic rings. The molecule has 1 atom stereocenters. The standard InChI is InChI=1S/C13H18N2O4S/c1-9(6-7-20-3)14-11-8-10(13(16)19-2)4-5-12(11)15(17)18/h4-5,8-9,14H,6-7H2,1-3H3. The van der Waals surface area contributed by atoms with Crippen molar-refractivity contribution in [3.8, 4) is 0 Å². The van der Waals surface area contributed by atoms with Crippen molar-refractivity contribution in [3.63, 3.8) is 0 Å². The topological polar surface area (TPSA) is 81.5 Å². The van der Waals surface area contributed by atoms with Crippen molar-refractivity contribution in [2.75, 3.05) is 24.4 Å². The normalized spacial score (nSPS) is 11.8. The fourth-order valence-corrected chi connectivity index (χ4v) is 2.28. The summed E-state index contributed by atoms with van der Waals surface area (Å²) >= 11 is 1.71. The third-order valence-electron chi connectivity index (χ3n) is 2.77. The number of hydrogen-bond donors (Lipinski definition) is 1. The lowest BCUT2D eigenvalue weighted by atomic mass is 10.1. The lowest BCUT2D eigenvalue weighted by molar-refractivity contribution is -0.384. The SMILES string of the molecule is COC(=O)c1ccc([N+](=O)[O-])c(NC(C)CCSC)c1. The number of nitro benzene ring substituents is 1. The second-order valence-corrected chi connectivity index (χ2v) is 5.29. The van der Waals surface area contributed by atoms with E-state index in [2.05, 4.69) is 10.1 Å². The minimum atomic E-state index is -0.514. The Labute approximate surface area is 122 Å². The third-order valence-corrected chi connectivity index (χ3v) is 3.42. The molecule has 0 saturated carbocycles. The largest absolute Gasteiger partial charge is 0.465 e. The maximum atomic E-state index is 11.5. The molecule has 1 aromatic carbocycles. The van der Waals surface area contributed by atoms with E-state index in [0.29, 0.717) is 5.69 Å². The molecule has 0 spiro atoms. The van der Waals surface area contributed by atoms with Gasteiger partial charge in [0.05, 0.1) is 17.6 Å². The molecule has 0 saturated heterocycles. The fraction of sp³-hybridized carbons (Fsp3) is 0.462. The Morgan fingerprint density at radius 2 is 2.25 bits per heavy atom. The molecule has 20 heavy (non-hydrogen) atoms. The van der Waals surface area contributed by atoms with E-state index in [9.17, 15) is 14.9 Å². The van der Waals surface area contributed by atoms with Gasteiger partial charge in [-0.1, -0.05) is 0 Å². The Hall–Kier alpha value is -1.76. The van der Waals surface area contributed by atoms with Crippen LogP contribution in [0.1, 0.15) is 23.7 Å². The molecule has 0 aliphatic rings. The van der Waals surface area contributed by atoms with Gasteiger partial charge < -0.3 is 10.1 Å². The number of carbonyl (C=O) groups is 1. The summed E-state index contributed by atoms with van der Waals surface area (Å²) in [5.74, 6) is 0.443. The molecule has 110 valence electrons. The maximum absolute atomic E-state index is 11.5. The first kappa shape index (κ1) is 16.3. The van der Waals surface area contributed by atoms with Gasteiger partial charge in [-0.3, -0.25) is 10.1 Å². The average Bonchev–Trinajstić information content (AvgIpc) is 2.43. The number of methoxy groups -OCH3 is 1. The number of hydrogen-bond acceptors (Lipinski definition) is 6. The first-order chi connectivity index (χ1) is 9.49. The second kappa shape index (κ2) is 7.74. The van der Waals surface area contributed by atoms with Crippen LogP contribution in [0.5, 0.6) is 0 Å². The summed E-state index contributed by atoms with van der Waals surface area (Å²) in [7, 11) is 1.28. The lowest BCUT2D eigenvalue weighted by Crippen LogP contribution is -2.17. The van der Waals surface area contributed by atoms with E-state index in [1.54, 1.807) is 11.8 Å². The molecule has 0 heterocycles. The molecule has 7 heteroatoms. The quantitative estimate of drug-likeness (QED) is 0.473. The number of benzene rings is 1. The molecular formula is C13H18N2O4S. The van der Waals surface area contributed by atoms with Crippen LogP contribution in [-0.4, -0.2) is 36.1 Å². The smallest absolute Gasteiger partial charge is 0.337 e. The number of carbonyl (C=O) groups excluding carboxylic acids is 1. The van der Waals surface area contributed by atoms with Crippen molar-refractivity contribution < 1.29 is 14.5 Å². The van der Waals surface area contributed by atoms with Crippen LogP contribution in [0.25, 0.3) is 0 Å². The molecule has 1 unspecified atom stereocenters. The number of anilines is 1. The van der Waals surface area contributed by atoms with Crippen LogP contribution in [0.4, 0.5) is 11.4 Å². The summed E-state index contributed by atoms with van der Waals surface area (Å²) in [6, 6.07) is 4.24.